The first kappa shape index (κ1) is 18.9. The number of carboxylic acids is 1. The Hall–Kier alpha value is -2.42. The van der Waals surface area contributed by atoms with Crippen LogP contribution in [0.4, 0.5) is 0 Å². The third kappa shape index (κ3) is 4.36. The first-order valence-electron chi connectivity index (χ1n) is 7.67. The Morgan fingerprint density at radius 3 is 2.28 bits per heavy atom. The van der Waals surface area contributed by atoms with E-state index in [2.05, 4.69) is 0 Å². The Kier molecular flexibility index (Phi) is 5.46. The van der Waals surface area contributed by atoms with Crippen LogP contribution < -0.4 is 0 Å². The highest BCUT2D eigenvalue weighted by Gasteiger charge is 2.31. The number of hydrogen-bond acceptors (Lipinski definition) is 5. The molecule has 1 aliphatic rings. The summed E-state index contributed by atoms with van der Waals surface area (Å²) in [6.07, 6.45) is 0.403. The van der Waals surface area contributed by atoms with Crippen molar-refractivity contribution in [3.05, 3.63) is 29.8 Å². The fourth-order valence-corrected chi connectivity index (χ4v) is 3.81. The Balaban J connectivity index is 2.11. The van der Waals surface area contributed by atoms with Gasteiger partial charge in [0.1, 0.15) is 5.75 Å². The minimum Gasteiger partial charge on any atom is -0.481 e. The third-order valence-corrected chi connectivity index (χ3v) is 5.71. The molecule has 1 saturated heterocycles. The molecule has 0 aliphatic carbocycles. The van der Waals surface area contributed by atoms with Crippen molar-refractivity contribution >= 4 is 27.6 Å². The number of sulfone groups is 1. The van der Waals surface area contributed by atoms with Crippen LogP contribution in [-0.4, -0.2) is 74.0 Å². The van der Waals surface area contributed by atoms with Gasteiger partial charge in [0, 0.05) is 32.7 Å². The highest BCUT2D eigenvalue weighted by atomic mass is 32.2. The molecule has 0 aromatic heterocycles. The molecular weight excluding hydrogens is 348 g/mol. The Morgan fingerprint density at radius 1 is 1.20 bits per heavy atom. The van der Waals surface area contributed by atoms with Crippen LogP contribution in [0, 0.1) is 5.92 Å². The van der Waals surface area contributed by atoms with Crippen LogP contribution in [0.1, 0.15) is 16.8 Å². The van der Waals surface area contributed by atoms with Crippen molar-refractivity contribution in [1.29, 1.82) is 0 Å². The SMILES string of the molecule is CN(C)C(=O)CS(=O)(=O)c1ccc(C(=O)N2CCC(C(=O)O)C2)cc1. The summed E-state index contributed by atoms with van der Waals surface area (Å²) in [5.41, 5.74) is 0.281. The largest absolute Gasteiger partial charge is 0.481 e. The summed E-state index contributed by atoms with van der Waals surface area (Å²) >= 11 is 0. The summed E-state index contributed by atoms with van der Waals surface area (Å²) in [5.74, 6) is -3.00. The van der Waals surface area contributed by atoms with Crippen LogP contribution in [0.5, 0.6) is 0 Å². The topological polar surface area (TPSA) is 112 Å². The van der Waals surface area contributed by atoms with Crippen LogP contribution >= 0.6 is 0 Å². The second-order valence-corrected chi connectivity index (χ2v) is 8.14. The van der Waals surface area contributed by atoms with Crippen LogP contribution in [0.2, 0.25) is 0 Å². The summed E-state index contributed by atoms with van der Waals surface area (Å²) in [5, 5.41) is 8.98. The molecule has 8 nitrogen and oxygen atoms in total. The zero-order chi connectivity index (χ0) is 18.8. The number of nitrogens with zero attached hydrogens (tertiary/aromatic N) is 2. The zero-order valence-corrected chi connectivity index (χ0v) is 14.8. The van der Waals surface area contributed by atoms with E-state index >= 15 is 0 Å². The van der Waals surface area contributed by atoms with Gasteiger partial charge in [-0.25, -0.2) is 8.42 Å². The van der Waals surface area contributed by atoms with Gasteiger partial charge in [-0.15, -0.1) is 0 Å². The van der Waals surface area contributed by atoms with Crippen molar-refractivity contribution in [2.75, 3.05) is 32.9 Å². The molecule has 0 radical (unpaired) electrons. The molecule has 136 valence electrons. The highest BCUT2D eigenvalue weighted by Crippen LogP contribution is 2.20. The zero-order valence-electron chi connectivity index (χ0n) is 14.0. The average Bonchev–Trinajstić information content (AvgIpc) is 3.04. The number of likely N-dealkylation sites (tertiary alicyclic amines) is 1. The van der Waals surface area contributed by atoms with E-state index in [1.807, 2.05) is 0 Å². The van der Waals surface area contributed by atoms with Gasteiger partial charge >= 0.3 is 5.97 Å². The van der Waals surface area contributed by atoms with E-state index in [1.165, 1.54) is 48.2 Å². The van der Waals surface area contributed by atoms with Crippen LogP contribution in [-0.2, 0) is 19.4 Å². The Labute approximate surface area is 145 Å². The molecule has 1 aromatic rings. The molecule has 1 unspecified atom stereocenters. The van der Waals surface area contributed by atoms with Gasteiger partial charge in [-0.3, -0.25) is 14.4 Å². The van der Waals surface area contributed by atoms with Crippen molar-refractivity contribution in [1.82, 2.24) is 9.80 Å². The first-order valence-corrected chi connectivity index (χ1v) is 9.32. The van der Waals surface area contributed by atoms with E-state index in [0.29, 0.717) is 13.0 Å². The molecule has 1 atom stereocenters. The van der Waals surface area contributed by atoms with Crippen molar-refractivity contribution in [2.24, 2.45) is 5.92 Å². The molecular formula is C16H20N2O6S. The number of rotatable bonds is 5. The summed E-state index contributed by atoms with van der Waals surface area (Å²) in [6, 6.07) is 5.33. The maximum Gasteiger partial charge on any atom is 0.308 e. The molecule has 9 heteroatoms. The van der Waals surface area contributed by atoms with Crippen molar-refractivity contribution in [2.45, 2.75) is 11.3 Å². The maximum atomic E-state index is 12.4. The normalized spacial score (nSPS) is 17.4. The molecule has 1 aromatic carbocycles. The predicted molar refractivity (Wildman–Crippen MR) is 88.8 cm³/mol. The lowest BCUT2D eigenvalue weighted by atomic mass is 10.1. The minimum absolute atomic E-state index is 0.0379. The van der Waals surface area contributed by atoms with Gasteiger partial charge in [-0.1, -0.05) is 0 Å². The number of carbonyl (C=O) groups excluding carboxylic acids is 2. The standard InChI is InChI=1S/C16H20N2O6S/c1-17(2)14(19)10-25(23,24)13-5-3-11(4-6-13)15(20)18-8-7-12(9-18)16(21)22/h3-6,12H,7-10H2,1-2H3,(H,21,22). The third-order valence-electron chi connectivity index (χ3n) is 4.10. The van der Waals surface area contributed by atoms with Crippen LogP contribution in [0.25, 0.3) is 0 Å². The quantitative estimate of drug-likeness (QED) is 0.789. The van der Waals surface area contributed by atoms with Crippen LogP contribution in [0.3, 0.4) is 0 Å². The lowest BCUT2D eigenvalue weighted by Crippen LogP contribution is -2.30. The minimum atomic E-state index is -3.78. The van der Waals surface area contributed by atoms with Crippen molar-refractivity contribution in [3.63, 3.8) is 0 Å². The van der Waals surface area contributed by atoms with E-state index in [9.17, 15) is 22.8 Å². The molecule has 0 bridgehead atoms. The van der Waals surface area contributed by atoms with Crippen molar-refractivity contribution in [3.8, 4) is 0 Å². The van der Waals surface area contributed by atoms with Gasteiger partial charge in [-0.2, -0.15) is 0 Å². The van der Waals surface area contributed by atoms with Gasteiger partial charge in [-0.05, 0) is 30.7 Å². The molecule has 1 N–H and O–H groups in total. The second-order valence-electron chi connectivity index (χ2n) is 6.15. The number of hydrogen-bond donors (Lipinski definition) is 1. The smallest absolute Gasteiger partial charge is 0.308 e. The number of amides is 2. The predicted octanol–water partition coefficient (Wildman–Crippen LogP) is 0.0952. The van der Waals surface area contributed by atoms with E-state index in [-0.39, 0.29) is 22.9 Å². The van der Waals surface area contributed by atoms with Crippen molar-refractivity contribution < 1.29 is 27.9 Å². The Bertz CT molecular complexity index is 785. The summed E-state index contributed by atoms with van der Waals surface area (Å²) in [6.45, 7) is 0.499. The molecule has 25 heavy (non-hydrogen) atoms. The van der Waals surface area contributed by atoms with Gasteiger partial charge < -0.3 is 14.9 Å². The molecule has 0 spiro atoms. The fourth-order valence-electron chi connectivity index (χ4n) is 2.51. The number of benzene rings is 1. The molecule has 1 fully saturated rings. The second kappa shape index (κ2) is 7.22. The Morgan fingerprint density at radius 2 is 1.80 bits per heavy atom. The maximum absolute atomic E-state index is 12.4. The molecule has 2 rings (SSSR count). The number of aliphatic carboxylic acids is 1. The van der Waals surface area contributed by atoms with E-state index < -0.39 is 33.4 Å². The van der Waals surface area contributed by atoms with E-state index in [1.54, 1.807) is 0 Å². The number of carbonyl (C=O) groups is 3. The van der Waals surface area contributed by atoms with Gasteiger partial charge in [0.2, 0.25) is 5.91 Å². The summed E-state index contributed by atoms with van der Waals surface area (Å²) < 4.78 is 24.4. The van der Waals surface area contributed by atoms with Gasteiger partial charge in [0.25, 0.3) is 5.91 Å². The summed E-state index contributed by atoms with van der Waals surface area (Å²) in [4.78, 5) is 37.5. The first-order chi connectivity index (χ1) is 11.6. The number of carboxylic acid groups (broad SMARTS) is 1. The van der Waals surface area contributed by atoms with Gasteiger partial charge in [0.05, 0.1) is 10.8 Å². The molecule has 0 saturated carbocycles. The lowest BCUT2D eigenvalue weighted by molar-refractivity contribution is -0.141. The summed E-state index contributed by atoms with van der Waals surface area (Å²) in [7, 11) is -0.835. The molecule has 2 amide bonds. The van der Waals surface area contributed by atoms with Gasteiger partial charge in [0.15, 0.2) is 9.84 Å². The monoisotopic (exact) mass is 368 g/mol. The average molecular weight is 368 g/mol. The fraction of sp³-hybridized carbons (Fsp3) is 0.438. The van der Waals surface area contributed by atoms with E-state index in [4.69, 9.17) is 5.11 Å². The van der Waals surface area contributed by atoms with Crippen LogP contribution in [0.15, 0.2) is 29.2 Å². The van der Waals surface area contributed by atoms with E-state index in [0.717, 1.165) is 0 Å². The lowest BCUT2D eigenvalue weighted by Gasteiger charge is -2.16. The highest BCUT2D eigenvalue weighted by molar-refractivity contribution is 7.92. The molecule has 1 aliphatic heterocycles. The molecule has 1 heterocycles.